The Kier molecular flexibility index (Phi) is 4.34. The maximum absolute atomic E-state index is 13.6. The van der Waals surface area contributed by atoms with Crippen molar-refractivity contribution in [3.63, 3.8) is 0 Å². The lowest BCUT2D eigenvalue weighted by Crippen LogP contribution is -2.38. The van der Waals surface area contributed by atoms with E-state index in [2.05, 4.69) is 19.9 Å². The van der Waals surface area contributed by atoms with Gasteiger partial charge in [0, 0.05) is 34.0 Å². The first-order valence-electron chi connectivity index (χ1n) is 9.36. The number of carbonyl (C=O) groups excluding carboxylic acids is 1. The average molecular weight is 372 g/mol. The predicted molar refractivity (Wildman–Crippen MR) is 113 cm³/mol. The van der Waals surface area contributed by atoms with Gasteiger partial charge < -0.3 is 10.5 Å². The van der Waals surface area contributed by atoms with Crippen molar-refractivity contribution in [2.24, 2.45) is 0 Å². The van der Waals surface area contributed by atoms with Gasteiger partial charge in [-0.2, -0.15) is 0 Å². The fourth-order valence-corrected chi connectivity index (χ4v) is 4.27. The number of methoxy groups -OCH3 is 1. The maximum Gasteiger partial charge on any atom is 0.258 e. The summed E-state index contributed by atoms with van der Waals surface area (Å²) < 4.78 is 5.65. The van der Waals surface area contributed by atoms with Gasteiger partial charge in [-0.05, 0) is 29.8 Å². The van der Waals surface area contributed by atoms with Crippen LogP contribution in [0.15, 0.2) is 72.8 Å². The number of amides is 1. The molecule has 0 aromatic heterocycles. The van der Waals surface area contributed by atoms with E-state index in [1.165, 1.54) is 0 Å². The highest BCUT2D eigenvalue weighted by atomic mass is 16.5. The van der Waals surface area contributed by atoms with E-state index in [0.717, 1.165) is 16.8 Å². The van der Waals surface area contributed by atoms with Gasteiger partial charge in [-0.3, -0.25) is 9.69 Å². The molecule has 28 heavy (non-hydrogen) atoms. The molecule has 0 bridgehead atoms. The van der Waals surface area contributed by atoms with Crippen molar-refractivity contribution >= 4 is 17.3 Å². The Bertz CT molecular complexity index is 1030. The molecule has 0 saturated carbocycles. The van der Waals surface area contributed by atoms with Gasteiger partial charge in [0.25, 0.3) is 5.91 Å². The highest BCUT2D eigenvalue weighted by Gasteiger charge is 2.48. The standard InChI is InChI=1S/C24H24N2O2/c1-24(2)19-11-7-8-12-20(19)26(23(27)16-9-5-4-6-10-16)22(24)18-14-13-17(25)15-21(18)28-3/h4-15,22H,25H2,1-3H3/t22-/m1/s1. The molecule has 0 unspecified atom stereocenters. The van der Waals surface area contributed by atoms with Gasteiger partial charge in [-0.15, -0.1) is 0 Å². The minimum Gasteiger partial charge on any atom is -0.496 e. The smallest absolute Gasteiger partial charge is 0.258 e. The molecule has 1 aliphatic rings. The Morgan fingerprint density at radius 2 is 1.68 bits per heavy atom. The van der Waals surface area contributed by atoms with Gasteiger partial charge in [0.15, 0.2) is 0 Å². The lowest BCUT2D eigenvalue weighted by molar-refractivity contribution is 0.0971. The summed E-state index contributed by atoms with van der Waals surface area (Å²) in [7, 11) is 1.64. The van der Waals surface area contributed by atoms with Gasteiger partial charge in [0.2, 0.25) is 0 Å². The summed E-state index contributed by atoms with van der Waals surface area (Å²) >= 11 is 0. The Hall–Kier alpha value is -3.27. The molecule has 1 heterocycles. The summed E-state index contributed by atoms with van der Waals surface area (Å²) in [6, 6.07) is 23.0. The van der Waals surface area contributed by atoms with Crippen LogP contribution in [0, 0.1) is 0 Å². The predicted octanol–water partition coefficient (Wildman–Crippen LogP) is 4.96. The van der Waals surface area contributed by atoms with E-state index >= 15 is 0 Å². The van der Waals surface area contributed by atoms with Crippen LogP contribution in [0.4, 0.5) is 11.4 Å². The second kappa shape index (κ2) is 6.71. The molecule has 0 spiro atoms. The third kappa shape index (κ3) is 2.73. The van der Waals surface area contributed by atoms with Crippen molar-refractivity contribution in [3.05, 3.63) is 89.5 Å². The molecule has 1 atom stereocenters. The van der Waals surface area contributed by atoms with E-state index in [-0.39, 0.29) is 17.4 Å². The summed E-state index contributed by atoms with van der Waals surface area (Å²) in [6.45, 7) is 4.34. The third-order valence-electron chi connectivity index (χ3n) is 5.59. The topological polar surface area (TPSA) is 55.6 Å². The minimum atomic E-state index is -0.301. The fourth-order valence-electron chi connectivity index (χ4n) is 4.27. The number of rotatable bonds is 3. The SMILES string of the molecule is COc1cc(N)ccc1[C@H]1N(C(=O)c2ccccc2)c2ccccc2C1(C)C. The van der Waals surface area contributed by atoms with E-state index < -0.39 is 0 Å². The molecule has 3 aromatic rings. The summed E-state index contributed by atoms with van der Waals surface area (Å²) in [5, 5.41) is 0. The van der Waals surface area contributed by atoms with Crippen molar-refractivity contribution in [1.29, 1.82) is 0 Å². The molecule has 4 nitrogen and oxygen atoms in total. The Morgan fingerprint density at radius 3 is 2.39 bits per heavy atom. The zero-order valence-electron chi connectivity index (χ0n) is 16.3. The highest BCUT2D eigenvalue weighted by Crippen LogP contribution is 2.54. The number of nitrogens with two attached hydrogens (primary N) is 1. The molecule has 4 rings (SSSR count). The van der Waals surface area contributed by atoms with Gasteiger partial charge in [-0.1, -0.05) is 56.3 Å². The first kappa shape index (κ1) is 18.1. The van der Waals surface area contributed by atoms with E-state index in [1.807, 2.05) is 71.6 Å². The Morgan fingerprint density at radius 1 is 1.00 bits per heavy atom. The van der Waals surface area contributed by atoms with Crippen LogP contribution in [0.5, 0.6) is 5.75 Å². The molecule has 142 valence electrons. The number of fused-ring (bicyclic) bond motifs is 1. The minimum absolute atomic E-state index is 0.0255. The molecule has 1 aliphatic heterocycles. The van der Waals surface area contributed by atoms with Gasteiger partial charge >= 0.3 is 0 Å². The normalized spacial score (nSPS) is 17.2. The van der Waals surface area contributed by atoms with Crippen molar-refractivity contribution in [2.75, 3.05) is 17.7 Å². The molecular weight excluding hydrogens is 348 g/mol. The van der Waals surface area contributed by atoms with Crippen molar-refractivity contribution < 1.29 is 9.53 Å². The van der Waals surface area contributed by atoms with Crippen LogP contribution < -0.4 is 15.4 Å². The van der Waals surface area contributed by atoms with Crippen LogP contribution in [0.2, 0.25) is 0 Å². The molecule has 0 aliphatic carbocycles. The van der Waals surface area contributed by atoms with Crippen molar-refractivity contribution in [3.8, 4) is 5.75 Å². The molecule has 0 fully saturated rings. The van der Waals surface area contributed by atoms with Crippen LogP contribution in [-0.2, 0) is 5.41 Å². The van der Waals surface area contributed by atoms with E-state index in [0.29, 0.717) is 17.0 Å². The van der Waals surface area contributed by atoms with E-state index in [9.17, 15) is 4.79 Å². The number of nitrogens with zero attached hydrogens (tertiary/aromatic N) is 1. The number of anilines is 2. The molecule has 0 radical (unpaired) electrons. The summed E-state index contributed by atoms with van der Waals surface area (Å²) in [6.07, 6.45) is 0. The average Bonchev–Trinajstić information content (AvgIpc) is 2.95. The fraction of sp³-hybridized carbons (Fsp3) is 0.208. The third-order valence-corrected chi connectivity index (χ3v) is 5.59. The molecule has 3 aromatic carbocycles. The second-order valence-electron chi connectivity index (χ2n) is 7.68. The van der Waals surface area contributed by atoms with Crippen LogP contribution in [0.25, 0.3) is 0 Å². The van der Waals surface area contributed by atoms with Gasteiger partial charge in [0.05, 0.1) is 13.2 Å². The van der Waals surface area contributed by atoms with Crippen LogP contribution >= 0.6 is 0 Å². The number of carbonyl (C=O) groups is 1. The number of nitrogen functional groups attached to an aromatic ring is 1. The second-order valence-corrected chi connectivity index (χ2v) is 7.68. The number of ether oxygens (including phenoxy) is 1. The molecule has 2 N–H and O–H groups in total. The quantitative estimate of drug-likeness (QED) is 0.661. The number of hydrogen-bond acceptors (Lipinski definition) is 3. The van der Waals surface area contributed by atoms with Crippen LogP contribution in [0.1, 0.15) is 41.4 Å². The van der Waals surface area contributed by atoms with Crippen molar-refractivity contribution in [2.45, 2.75) is 25.3 Å². The number of para-hydroxylation sites is 1. The van der Waals surface area contributed by atoms with Crippen molar-refractivity contribution in [1.82, 2.24) is 0 Å². The van der Waals surface area contributed by atoms with Gasteiger partial charge in [-0.25, -0.2) is 0 Å². The monoisotopic (exact) mass is 372 g/mol. The molecule has 1 amide bonds. The van der Waals surface area contributed by atoms with Crippen LogP contribution in [-0.4, -0.2) is 13.0 Å². The molecular formula is C24H24N2O2. The maximum atomic E-state index is 13.6. The van der Waals surface area contributed by atoms with Crippen LogP contribution in [0.3, 0.4) is 0 Å². The number of benzene rings is 3. The summed E-state index contributed by atoms with van der Waals surface area (Å²) in [4.78, 5) is 15.5. The number of hydrogen-bond donors (Lipinski definition) is 1. The largest absolute Gasteiger partial charge is 0.496 e. The van der Waals surface area contributed by atoms with E-state index in [4.69, 9.17) is 10.5 Å². The lowest BCUT2D eigenvalue weighted by Gasteiger charge is -2.34. The lowest BCUT2D eigenvalue weighted by atomic mass is 9.77. The van der Waals surface area contributed by atoms with E-state index in [1.54, 1.807) is 7.11 Å². The zero-order chi connectivity index (χ0) is 19.9. The molecule has 4 heteroatoms. The summed E-state index contributed by atoms with van der Waals surface area (Å²) in [5.41, 5.74) is 10.00. The van der Waals surface area contributed by atoms with Gasteiger partial charge in [0.1, 0.15) is 5.75 Å². The highest BCUT2D eigenvalue weighted by molar-refractivity contribution is 6.08. The Labute approximate surface area is 165 Å². The molecule has 0 saturated heterocycles. The zero-order valence-corrected chi connectivity index (χ0v) is 16.3. The first-order valence-corrected chi connectivity index (χ1v) is 9.36. The first-order chi connectivity index (χ1) is 13.4. The Balaban J connectivity index is 1.94. The summed E-state index contributed by atoms with van der Waals surface area (Å²) in [5.74, 6) is 0.666.